The van der Waals surface area contributed by atoms with E-state index in [1.54, 1.807) is 13.3 Å². The summed E-state index contributed by atoms with van der Waals surface area (Å²) in [7, 11) is 1.69. The molecule has 0 atom stereocenters. The third-order valence-electron chi connectivity index (χ3n) is 5.27. The largest absolute Gasteiger partial charge is 0.496 e. The lowest BCUT2D eigenvalue weighted by Crippen LogP contribution is -2.22. The highest BCUT2D eigenvalue weighted by atomic mass is 16.5. The number of benzene rings is 2. The van der Waals surface area contributed by atoms with Gasteiger partial charge in [0.15, 0.2) is 5.43 Å². The molecule has 5 rings (SSSR count). The molecule has 0 fully saturated rings. The van der Waals surface area contributed by atoms with Crippen molar-refractivity contribution in [2.24, 2.45) is 0 Å². The van der Waals surface area contributed by atoms with Gasteiger partial charge in [-0.3, -0.25) is 9.36 Å². The van der Waals surface area contributed by atoms with Crippen LogP contribution in [0.4, 0.5) is 0 Å². The SMILES string of the molecule is COc1cccc2c1CCc1c-2n(-c2ccccc2)c2ncccc2c1=O. The van der Waals surface area contributed by atoms with Crippen molar-refractivity contribution in [2.75, 3.05) is 7.11 Å². The summed E-state index contributed by atoms with van der Waals surface area (Å²) in [6.45, 7) is 0. The fourth-order valence-corrected chi connectivity index (χ4v) is 4.09. The lowest BCUT2D eigenvalue weighted by atomic mass is 9.87. The van der Waals surface area contributed by atoms with Gasteiger partial charge in [-0.1, -0.05) is 30.3 Å². The highest BCUT2D eigenvalue weighted by molar-refractivity contribution is 5.86. The molecule has 2 aromatic carbocycles. The molecule has 1 aliphatic carbocycles. The van der Waals surface area contributed by atoms with Crippen LogP contribution in [0.5, 0.6) is 5.75 Å². The van der Waals surface area contributed by atoms with E-state index in [9.17, 15) is 4.79 Å². The zero-order valence-corrected chi connectivity index (χ0v) is 15.0. The fraction of sp³-hybridized carbons (Fsp3) is 0.130. The zero-order valence-electron chi connectivity index (χ0n) is 15.0. The first-order chi connectivity index (χ1) is 13.3. The number of nitrogens with zero attached hydrogens (tertiary/aromatic N) is 2. The lowest BCUT2D eigenvalue weighted by molar-refractivity contribution is 0.409. The van der Waals surface area contributed by atoms with Crippen molar-refractivity contribution in [1.82, 2.24) is 9.55 Å². The van der Waals surface area contributed by atoms with Crippen LogP contribution in [0.1, 0.15) is 11.1 Å². The Morgan fingerprint density at radius 2 is 1.74 bits per heavy atom. The molecule has 27 heavy (non-hydrogen) atoms. The number of para-hydroxylation sites is 1. The minimum atomic E-state index is 0.0775. The summed E-state index contributed by atoms with van der Waals surface area (Å²) in [4.78, 5) is 17.8. The molecule has 0 N–H and O–H groups in total. The molecule has 0 radical (unpaired) electrons. The average Bonchev–Trinajstić information content (AvgIpc) is 2.74. The zero-order chi connectivity index (χ0) is 18.4. The molecule has 2 aromatic heterocycles. The predicted molar refractivity (Wildman–Crippen MR) is 107 cm³/mol. The molecular formula is C23H18N2O2. The molecular weight excluding hydrogens is 336 g/mol. The molecule has 0 saturated heterocycles. The van der Waals surface area contributed by atoms with Crippen molar-refractivity contribution in [2.45, 2.75) is 12.8 Å². The number of ether oxygens (including phenoxy) is 1. The Balaban J connectivity index is 1.99. The molecule has 1 aliphatic rings. The number of aromatic nitrogens is 2. The molecule has 0 bridgehead atoms. The van der Waals surface area contributed by atoms with Crippen LogP contribution in [0.2, 0.25) is 0 Å². The van der Waals surface area contributed by atoms with Crippen LogP contribution in [-0.2, 0) is 12.8 Å². The van der Waals surface area contributed by atoms with Crippen molar-refractivity contribution in [3.63, 3.8) is 0 Å². The van der Waals surface area contributed by atoms with E-state index >= 15 is 0 Å². The standard InChI is InChI=1S/C23H18N2O2/c1-27-20-11-5-9-17-16(20)12-13-18-21(17)25(15-7-3-2-4-8-15)23-19(22(18)26)10-6-14-24-23/h2-11,14H,12-13H2,1H3. The maximum Gasteiger partial charge on any atom is 0.194 e. The van der Waals surface area contributed by atoms with Crippen LogP contribution < -0.4 is 10.2 Å². The summed E-state index contributed by atoms with van der Waals surface area (Å²) < 4.78 is 7.70. The summed E-state index contributed by atoms with van der Waals surface area (Å²) >= 11 is 0. The molecule has 0 spiro atoms. The smallest absolute Gasteiger partial charge is 0.194 e. The third-order valence-corrected chi connectivity index (χ3v) is 5.27. The Labute approximate surface area is 156 Å². The minimum Gasteiger partial charge on any atom is -0.496 e. The third kappa shape index (κ3) is 2.30. The summed E-state index contributed by atoms with van der Waals surface area (Å²) in [5.74, 6) is 0.867. The predicted octanol–water partition coefficient (Wildman–Crippen LogP) is 4.16. The molecule has 4 aromatic rings. The Bertz CT molecular complexity index is 1230. The van der Waals surface area contributed by atoms with Crippen LogP contribution in [0.25, 0.3) is 28.0 Å². The van der Waals surface area contributed by atoms with Crippen molar-refractivity contribution in [1.29, 1.82) is 0 Å². The van der Waals surface area contributed by atoms with Crippen molar-refractivity contribution < 1.29 is 4.74 Å². The van der Waals surface area contributed by atoms with Gasteiger partial charge in [0.25, 0.3) is 0 Å². The van der Waals surface area contributed by atoms with Crippen molar-refractivity contribution in [3.8, 4) is 22.7 Å². The van der Waals surface area contributed by atoms with Crippen molar-refractivity contribution >= 4 is 11.0 Å². The van der Waals surface area contributed by atoms with Gasteiger partial charge in [0.2, 0.25) is 0 Å². The number of pyridine rings is 2. The van der Waals surface area contributed by atoms with Gasteiger partial charge in [-0.15, -0.1) is 0 Å². The molecule has 0 saturated carbocycles. The highest BCUT2D eigenvalue weighted by Crippen LogP contribution is 2.39. The van der Waals surface area contributed by atoms with E-state index in [2.05, 4.69) is 15.6 Å². The first-order valence-corrected chi connectivity index (χ1v) is 9.04. The number of fused-ring (bicyclic) bond motifs is 4. The van der Waals surface area contributed by atoms with E-state index in [1.165, 1.54) is 0 Å². The van der Waals surface area contributed by atoms with E-state index in [1.807, 2.05) is 54.6 Å². The van der Waals surface area contributed by atoms with E-state index < -0.39 is 0 Å². The maximum absolute atomic E-state index is 13.2. The van der Waals surface area contributed by atoms with Gasteiger partial charge < -0.3 is 4.74 Å². The monoisotopic (exact) mass is 354 g/mol. The van der Waals surface area contributed by atoms with Gasteiger partial charge in [0.05, 0.1) is 18.2 Å². The van der Waals surface area contributed by atoms with Gasteiger partial charge in [0.1, 0.15) is 11.4 Å². The molecule has 0 unspecified atom stereocenters. The lowest BCUT2D eigenvalue weighted by Gasteiger charge is -2.26. The molecule has 132 valence electrons. The number of methoxy groups -OCH3 is 1. The van der Waals surface area contributed by atoms with Gasteiger partial charge in [-0.2, -0.15) is 0 Å². The maximum atomic E-state index is 13.2. The van der Waals surface area contributed by atoms with Gasteiger partial charge in [-0.05, 0) is 43.2 Å². The second-order valence-electron chi connectivity index (χ2n) is 6.69. The van der Waals surface area contributed by atoms with Crippen LogP contribution in [0.3, 0.4) is 0 Å². The quantitative estimate of drug-likeness (QED) is 0.543. The van der Waals surface area contributed by atoms with E-state index in [-0.39, 0.29) is 5.43 Å². The van der Waals surface area contributed by atoms with E-state index in [4.69, 9.17) is 4.74 Å². The summed E-state index contributed by atoms with van der Waals surface area (Å²) in [6.07, 6.45) is 3.23. The van der Waals surface area contributed by atoms with Crippen molar-refractivity contribution in [3.05, 3.63) is 88.2 Å². The number of hydrogen-bond acceptors (Lipinski definition) is 3. The minimum absolute atomic E-state index is 0.0775. The Hall–Kier alpha value is -3.40. The average molecular weight is 354 g/mol. The first kappa shape index (κ1) is 15.8. The highest BCUT2D eigenvalue weighted by Gasteiger charge is 2.26. The molecule has 4 heteroatoms. The fourth-order valence-electron chi connectivity index (χ4n) is 4.09. The van der Waals surface area contributed by atoms with Crippen LogP contribution in [0.15, 0.2) is 71.7 Å². The summed E-state index contributed by atoms with van der Waals surface area (Å²) in [5, 5.41) is 0.659. The van der Waals surface area contributed by atoms with Crippen LogP contribution in [-0.4, -0.2) is 16.7 Å². The van der Waals surface area contributed by atoms with Gasteiger partial charge in [0, 0.05) is 28.6 Å². The second kappa shape index (κ2) is 6.09. The first-order valence-electron chi connectivity index (χ1n) is 9.04. The van der Waals surface area contributed by atoms with E-state index in [0.717, 1.165) is 40.2 Å². The Morgan fingerprint density at radius 3 is 2.56 bits per heavy atom. The summed E-state index contributed by atoms with van der Waals surface area (Å²) in [5.41, 5.74) is 5.72. The second-order valence-corrected chi connectivity index (χ2v) is 6.69. The number of rotatable bonds is 2. The van der Waals surface area contributed by atoms with Gasteiger partial charge >= 0.3 is 0 Å². The normalized spacial score (nSPS) is 12.5. The van der Waals surface area contributed by atoms with Gasteiger partial charge in [-0.25, -0.2) is 4.98 Å². The van der Waals surface area contributed by atoms with Crippen LogP contribution >= 0.6 is 0 Å². The molecule has 2 heterocycles. The Kier molecular flexibility index (Phi) is 3.57. The Morgan fingerprint density at radius 1 is 0.926 bits per heavy atom. The van der Waals surface area contributed by atoms with E-state index in [0.29, 0.717) is 17.5 Å². The molecule has 0 amide bonds. The number of hydrogen-bond donors (Lipinski definition) is 0. The summed E-state index contributed by atoms with van der Waals surface area (Å²) in [6, 6.07) is 19.8. The molecule has 4 nitrogen and oxygen atoms in total. The van der Waals surface area contributed by atoms with Crippen LogP contribution in [0, 0.1) is 0 Å². The topological polar surface area (TPSA) is 44.1 Å². The molecule has 0 aliphatic heterocycles.